The molecule has 0 aliphatic carbocycles. The maximum atomic E-state index is 14.8. The quantitative estimate of drug-likeness (QED) is 0.276. The summed E-state index contributed by atoms with van der Waals surface area (Å²) in [7, 11) is -1.96. The molecule has 0 saturated carbocycles. The van der Waals surface area contributed by atoms with Gasteiger partial charge in [-0.1, -0.05) is 29.8 Å². The number of benzene rings is 3. The molecule has 0 fully saturated rings. The van der Waals surface area contributed by atoms with Gasteiger partial charge in [-0.2, -0.15) is 4.31 Å². The van der Waals surface area contributed by atoms with Crippen LogP contribution >= 0.6 is 11.6 Å². The van der Waals surface area contributed by atoms with Gasteiger partial charge in [-0.05, 0) is 61.5 Å². The molecule has 1 aromatic heterocycles. The van der Waals surface area contributed by atoms with Gasteiger partial charge in [0.2, 0.25) is 5.88 Å². The zero-order chi connectivity index (χ0) is 30.8. The summed E-state index contributed by atoms with van der Waals surface area (Å²) in [4.78, 5) is 32.2. The fraction of sp³-hybridized carbons (Fsp3) is 0.167. The number of nitrogens with zero attached hydrogens (tertiary/aromatic N) is 2. The fourth-order valence-corrected chi connectivity index (χ4v) is 6.62. The monoisotopic (exact) mass is 623 g/mol. The first-order valence-corrected chi connectivity index (χ1v) is 14.7. The van der Waals surface area contributed by atoms with E-state index in [1.807, 2.05) is 0 Å². The summed E-state index contributed by atoms with van der Waals surface area (Å²) in [6.07, 6.45) is 0.401. The van der Waals surface area contributed by atoms with Crippen LogP contribution in [-0.4, -0.2) is 46.2 Å². The summed E-state index contributed by atoms with van der Waals surface area (Å²) < 4.78 is 51.1. The highest BCUT2D eigenvalue weighted by Crippen LogP contribution is 2.50. The second-order valence-corrected chi connectivity index (χ2v) is 11.3. The standard InChI is InChI=1S/C30H26ClN3O8S/c1-4-41-27-22(11-8-16-32-27)30(33-29(36)42-20-9-6-5-7-10-20)23-17-19(31)12-14-24(23)34(28(30)35)43(37,38)26-15-13-21(39-2)18-25(26)40-3/h5-18H,4H2,1-3H3,(H,33,36). The molecule has 1 aliphatic rings. The number of pyridine rings is 1. The number of carbonyl (C=O) groups excluding carboxylic acids is 2. The molecule has 4 aromatic rings. The van der Waals surface area contributed by atoms with Crippen LogP contribution in [0.25, 0.3) is 0 Å². The average molecular weight is 624 g/mol. The lowest BCUT2D eigenvalue weighted by molar-refractivity contribution is -0.121. The lowest BCUT2D eigenvalue weighted by Gasteiger charge is -2.30. The molecule has 2 amide bonds. The van der Waals surface area contributed by atoms with Crippen LogP contribution in [-0.2, 0) is 20.4 Å². The number of carbonyl (C=O) groups is 2. The molecule has 0 bridgehead atoms. The second-order valence-electron chi connectivity index (χ2n) is 9.12. The van der Waals surface area contributed by atoms with Gasteiger partial charge in [0, 0.05) is 22.8 Å². The summed E-state index contributed by atoms with van der Waals surface area (Å²) >= 11 is 6.41. The van der Waals surface area contributed by atoms with Crippen LogP contribution in [0.1, 0.15) is 18.1 Å². The number of anilines is 1. The van der Waals surface area contributed by atoms with Gasteiger partial charge in [0.1, 0.15) is 22.1 Å². The summed E-state index contributed by atoms with van der Waals surface area (Å²) in [6, 6.07) is 19.5. The number of hydrogen-bond donors (Lipinski definition) is 1. The number of para-hydroxylation sites is 1. The van der Waals surface area contributed by atoms with Crippen LogP contribution in [0.15, 0.2) is 90.0 Å². The molecule has 1 N–H and O–H groups in total. The molecule has 1 atom stereocenters. The Morgan fingerprint density at radius 2 is 1.72 bits per heavy atom. The third kappa shape index (κ3) is 5.19. The third-order valence-electron chi connectivity index (χ3n) is 6.68. The Bertz CT molecular complexity index is 1800. The molecule has 222 valence electrons. The fourth-order valence-electron chi connectivity index (χ4n) is 4.84. The predicted octanol–water partition coefficient (Wildman–Crippen LogP) is 4.92. The van der Waals surface area contributed by atoms with E-state index in [2.05, 4.69) is 10.3 Å². The third-order valence-corrected chi connectivity index (χ3v) is 8.65. The Kier molecular flexibility index (Phi) is 8.16. The van der Waals surface area contributed by atoms with Crippen molar-refractivity contribution in [2.24, 2.45) is 0 Å². The first kappa shape index (κ1) is 29.7. The van der Waals surface area contributed by atoms with Crippen molar-refractivity contribution in [1.29, 1.82) is 0 Å². The van der Waals surface area contributed by atoms with Crippen LogP contribution in [0.3, 0.4) is 0 Å². The molecule has 2 heterocycles. The summed E-state index contributed by atoms with van der Waals surface area (Å²) in [5, 5.41) is 2.82. The maximum Gasteiger partial charge on any atom is 0.414 e. The van der Waals surface area contributed by atoms with Gasteiger partial charge < -0.3 is 18.9 Å². The van der Waals surface area contributed by atoms with Crippen LogP contribution in [0, 0.1) is 0 Å². The van der Waals surface area contributed by atoms with E-state index in [1.54, 1.807) is 37.3 Å². The zero-order valence-corrected chi connectivity index (χ0v) is 24.8. The van der Waals surface area contributed by atoms with E-state index in [0.717, 1.165) is 0 Å². The minimum atomic E-state index is -4.67. The van der Waals surface area contributed by atoms with Crippen molar-refractivity contribution in [3.05, 3.63) is 101 Å². The highest BCUT2D eigenvalue weighted by Gasteiger charge is 2.59. The Balaban J connectivity index is 1.76. The van der Waals surface area contributed by atoms with Crippen molar-refractivity contribution in [3.63, 3.8) is 0 Å². The van der Waals surface area contributed by atoms with E-state index in [-0.39, 0.29) is 50.7 Å². The highest BCUT2D eigenvalue weighted by atomic mass is 35.5. The van der Waals surface area contributed by atoms with Gasteiger partial charge >= 0.3 is 6.09 Å². The number of hydrogen-bond acceptors (Lipinski definition) is 9. The first-order chi connectivity index (χ1) is 20.7. The molecule has 11 nitrogen and oxygen atoms in total. The molecule has 0 saturated heterocycles. The van der Waals surface area contributed by atoms with E-state index in [1.165, 1.54) is 68.9 Å². The zero-order valence-electron chi connectivity index (χ0n) is 23.2. The van der Waals surface area contributed by atoms with Crippen LogP contribution in [0.4, 0.5) is 10.5 Å². The number of halogens is 1. The number of amides is 2. The van der Waals surface area contributed by atoms with Crippen LogP contribution in [0.2, 0.25) is 5.02 Å². The van der Waals surface area contributed by atoms with Crippen molar-refractivity contribution >= 4 is 39.3 Å². The summed E-state index contributed by atoms with van der Waals surface area (Å²) in [5.41, 5.74) is -2.13. The van der Waals surface area contributed by atoms with Gasteiger partial charge in [-0.25, -0.2) is 18.2 Å². The number of fused-ring (bicyclic) bond motifs is 1. The molecule has 1 aliphatic heterocycles. The van der Waals surface area contributed by atoms with Gasteiger partial charge in [0.05, 0.1) is 32.1 Å². The molecule has 3 aromatic carbocycles. The predicted molar refractivity (Wildman–Crippen MR) is 157 cm³/mol. The van der Waals surface area contributed by atoms with E-state index >= 15 is 0 Å². The summed E-state index contributed by atoms with van der Waals surface area (Å²) in [5.74, 6) is -0.595. The van der Waals surface area contributed by atoms with Crippen LogP contribution < -0.4 is 28.6 Å². The number of rotatable bonds is 9. The molecular formula is C30H26ClN3O8S. The normalized spacial score (nSPS) is 15.9. The van der Waals surface area contributed by atoms with Crippen molar-refractivity contribution < 1.29 is 37.0 Å². The molecule has 0 spiro atoms. The van der Waals surface area contributed by atoms with Gasteiger partial charge in [0.15, 0.2) is 5.54 Å². The molecule has 5 rings (SSSR count). The van der Waals surface area contributed by atoms with Crippen molar-refractivity contribution in [3.8, 4) is 23.1 Å². The first-order valence-electron chi connectivity index (χ1n) is 12.9. The minimum absolute atomic E-state index is 0.00874. The Morgan fingerprint density at radius 1 is 0.953 bits per heavy atom. The van der Waals surface area contributed by atoms with Gasteiger partial charge in [0.25, 0.3) is 15.9 Å². The number of methoxy groups -OCH3 is 2. The number of aromatic nitrogens is 1. The lowest BCUT2D eigenvalue weighted by Crippen LogP contribution is -2.55. The molecule has 13 heteroatoms. The highest BCUT2D eigenvalue weighted by molar-refractivity contribution is 7.93. The molecular weight excluding hydrogens is 598 g/mol. The van der Waals surface area contributed by atoms with E-state index < -0.39 is 27.6 Å². The van der Waals surface area contributed by atoms with Gasteiger partial charge in [-0.3, -0.25) is 10.1 Å². The second kappa shape index (κ2) is 11.8. The molecule has 0 radical (unpaired) electrons. The number of sulfonamides is 1. The Hall–Kier alpha value is -4.81. The molecule has 1 unspecified atom stereocenters. The van der Waals surface area contributed by atoms with Crippen molar-refractivity contribution in [1.82, 2.24) is 10.3 Å². The van der Waals surface area contributed by atoms with E-state index in [9.17, 15) is 18.0 Å². The molecule has 43 heavy (non-hydrogen) atoms. The van der Waals surface area contributed by atoms with Crippen LogP contribution in [0.5, 0.6) is 23.1 Å². The number of ether oxygens (including phenoxy) is 4. The maximum absolute atomic E-state index is 14.8. The topological polar surface area (TPSA) is 133 Å². The number of nitrogens with one attached hydrogen (secondary N) is 1. The Morgan fingerprint density at radius 3 is 2.42 bits per heavy atom. The van der Waals surface area contributed by atoms with E-state index in [0.29, 0.717) is 10.1 Å². The average Bonchev–Trinajstić information content (AvgIpc) is 3.25. The summed E-state index contributed by atoms with van der Waals surface area (Å²) in [6.45, 7) is 1.88. The smallest absolute Gasteiger partial charge is 0.414 e. The SMILES string of the molecule is CCOc1ncccc1C1(NC(=O)Oc2ccccc2)C(=O)N(S(=O)(=O)c2ccc(OC)cc2OC)c2ccc(Cl)cc21. The van der Waals surface area contributed by atoms with Gasteiger partial charge in [-0.15, -0.1) is 0 Å². The lowest BCUT2D eigenvalue weighted by atomic mass is 9.84. The minimum Gasteiger partial charge on any atom is -0.497 e. The van der Waals surface area contributed by atoms with Crippen molar-refractivity contribution in [2.75, 3.05) is 25.1 Å². The largest absolute Gasteiger partial charge is 0.497 e. The van der Waals surface area contributed by atoms with E-state index in [4.69, 9.17) is 30.5 Å². The Labute approximate surface area is 253 Å². The van der Waals surface area contributed by atoms with Crippen molar-refractivity contribution in [2.45, 2.75) is 17.4 Å².